The number of anilines is 1. The zero-order valence-corrected chi connectivity index (χ0v) is 26.5. The van der Waals surface area contributed by atoms with Gasteiger partial charge in [-0.2, -0.15) is 9.61 Å². The second-order valence-corrected chi connectivity index (χ2v) is 13.0. The first kappa shape index (κ1) is 30.7. The third kappa shape index (κ3) is 6.56. The lowest BCUT2D eigenvalue weighted by Crippen LogP contribution is -2.39. The fraction of sp³-hybridized carbons (Fsp3) is 0.394. The normalized spacial score (nSPS) is 12.2. The molecule has 0 bridgehead atoms. The van der Waals surface area contributed by atoms with Gasteiger partial charge in [0, 0.05) is 41.6 Å². The Hall–Kier alpha value is -4.80. The molecular weight excluding hydrogens is 558 g/mol. The molecule has 0 N–H and O–H groups in total. The fourth-order valence-corrected chi connectivity index (χ4v) is 4.92. The van der Waals surface area contributed by atoms with Crippen LogP contribution in [0.1, 0.15) is 72.4 Å². The van der Waals surface area contributed by atoms with Crippen molar-refractivity contribution in [1.29, 1.82) is 0 Å². The van der Waals surface area contributed by atoms with E-state index in [-0.39, 0.29) is 12.5 Å². The lowest BCUT2D eigenvalue weighted by molar-refractivity contribution is 0.0540. The van der Waals surface area contributed by atoms with Gasteiger partial charge >= 0.3 is 12.2 Å². The van der Waals surface area contributed by atoms with Crippen molar-refractivity contribution < 1.29 is 19.1 Å². The Morgan fingerprint density at radius 1 is 0.932 bits per heavy atom. The van der Waals surface area contributed by atoms with Crippen LogP contribution >= 0.6 is 0 Å². The maximum absolute atomic E-state index is 13.9. The van der Waals surface area contributed by atoms with E-state index in [2.05, 4.69) is 28.9 Å². The molecule has 0 aliphatic rings. The Kier molecular flexibility index (Phi) is 8.15. The van der Waals surface area contributed by atoms with Crippen LogP contribution in [0.3, 0.4) is 0 Å². The number of hydrogen-bond donors (Lipinski definition) is 0. The van der Waals surface area contributed by atoms with Crippen LogP contribution in [0.4, 0.5) is 15.5 Å². The molecule has 0 aliphatic heterocycles. The van der Waals surface area contributed by atoms with E-state index in [9.17, 15) is 9.59 Å². The van der Waals surface area contributed by atoms with Gasteiger partial charge in [0.15, 0.2) is 0 Å². The summed E-state index contributed by atoms with van der Waals surface area (Å²) < 4.78 is 14.7. The molecule has 11 nitrogen and oxygen atoms in total. The molecule has 4 aromatic heterocycles. The number of fused-ring (bicyclic) bond motifs is 2. The summed E-state index contributed by atoms with van der Waals surface area (Å²) in [6.45, 7) is 15.3. The summed E-state index contributed by atoms with van der Waals surface area (Å²) in [4.78, 5) is 41.7. The average Bonchev–Trinajstić information content (AvgIpc) is 3.54. The molecule has 0 saturated heterocycles. The minimum absolute atomic E-state index is 0.177. The second kappa shape index (κ2) is 11.7. The zero-order valence-electron chi connectivity index (χ0n) is 26.5. The SMILES string of the molecule is CC(C)c1cnn2c(N(CCc3cn(C(=O)OC(C)(C)C)c4ccccc34)C(=O)OC(C)(C)C)nc(-c3cncnc3)cc12. The molecule has 0 radical (unpaired) electrons. The Morgan fingerprint density at radius 3 is 2.27 bits per heavy atom. The number of benzene rings is 1. The Bertz CT molecular complexity index is 1810. The van der Waals surface area contributed by atoms with Crippen molar-refractivity contribution in [2.45, 2.75) is 78.9 Å². The molecule has 0 atom stereocenters. The molecule has 0 saturated carbocycles. The van der Waals surface area contributed by atoms with Crippen LogP contribution < -0.4 is 4.90 Å². The predicted octanol–water partition coefficient (Wildman–Crippen LogP) is 7.03. The molecule has 1 aromatic carbocycles. The standard InChI is InChI=1S/C33H39N7O4/c1-21(2)25-18-36-40-28(25)15-26(23-16-34-20-35-17-23)37-29(40)38(30(41)43-32(3,4)5)14-13-22-19-39(31(42)44-33(6,7)8)27-12-10-9-11-24(22)27/h9-12,15-21H,13-14H2,1-8H3. The van der Waals surface area contributed by atoms with Gasteiger partial charge in [-0.05, 0) is 71.6 Å². The maximum atomic E-state index is 13.9. The van der Waals surface area contributed by atoms with Crippen LogP contribution in [0, 0.1) is 0 Å². The number of rotatable bonds is 6. The van der Waals surface area contributed by atoms with Crippen LogP contribution in [0.25, 0.3) is 27.7 Å². The third-order valence-electron chi connectivity index (χ3n) is 6.84. The molecule has 0 aliphatic carbocycles. The van der Waals surface area contributed by atoms with E-state index < -0.39 is 23.4 Å². The van der Waals surface area contributed by atoms with Crippen LogP contribution in [0.2, 0.25) is 0 Å². The minimum Gasteiger partial charge on any atom is -0.443 e. The van der Waals surface area contributed by atoms with E-state index in [1.807, 2.05) is 71.9 Å². The predicted molar refractivity (Wildman–Crippen MR) is 169 cm³/mol. The monoisotopic (exact) mass is 597 g/mol. The van der Waals surface area contributed by atoms with E-state index in [1.165, 1.54) is 15.8 Å². The largest absolute Gasteiger partial charge is 0.443 e. The van der Waals surface area contributed by atoms with Gasteiger partial charge in [0.25, 0.3) is 0 Å². The molecule has 230 valence electrons. The number of carbonyl (C=O) groups is 2. The molecule has 0 fully saturated rings. The summed E-state index contributed by atoms with van der Waals surface area (Å²) in [6.07, 6.45) is 7.77. The number of nitrogens with zero attached hydrogens (tertiary/aromatic N) is 7. The topological polar surface area (TPSA) is 117 Å². The lowest BCUT2D eigenvalue weighted by atomic mass is 10.0. The number of ether oxygens (including phenoxy) is 2. The summed E-state index contributed by atoms with van der Waals surface area (Å²) in [5.74, 6) is 0.481. The fourth-order valence-electron chi connectivity index (χ4n) is 4.92. The van der Waals surface area contributed by atoms with Gasteiger partial charge in [0.2, 0.25) is 5.95 Å². The second-order valence-electron chi connectivity index (χ2n) is 13.0. The Labute approximate surface area is 256 Å². The van der Waals surface area contributed by atoms with Gasteiger partial charge in [-0.15, -0.1) is 0 Å². The smallest absolute Gasteiger partial charge is 0.419 e. The van der Waals surface area contributed by atoms with Crippen LogP contribution in [-0.2, 0) is 15.9 Å². The summed E-state index contributed by atoms with van der Waals surface area (Å²) >= 11 is 0. The van der Waals surface area contributed by atoms with Crippen molar-refractivity contribution in [3.63, 3.8) is 0 Å². The molecule has 0 spiro atoms. The van der Waals surface area contributed by atoms with Crippen molar-refractivity contribution in [3.05, 3.63) is 72.6 Å². The Balaban J connectivity index is 1.61. The molecule has 44 heavy (non-hydrogen) atoms. The highest BCUT2D eigenvalue weighted by Crippen LogP contribution is 2.30. The highest BCUT2D eigenvalue weighted by molar-refractivity contribution is 5.92. The minimum atomic E-state index is -0.751. The number of carbonyl (C=O) groups excluding carboxylic acids is 2. The van der Waals surface area contributed by atoms with Crippen LogP contribution in [0.15, 0.2) is 61.4 Å². The van der Waals surface area contributed by atoms with Crippen molar-refractivity contribution in [2.24, 2.45) is 0 Å². The van der Waals surface area contributed by atoms with Gasteiger partial charge in [0.1, 0.15) is 17.5 Å². The average molecular weight is 598 g/mol. The van der Waals surface area contributed by atoms with Crippen molar-refractivity contribution in [3.8, 4) is 11.3 Å². The van der Waals surface area contributed by atoms with E-state index in [1.54, 1.807) is 29.3 Å². The van der Waals surface area contributed by atoms with Crippen molar-refractivity contribution >= 4 is 34.6 Å². The van der Waals surface area contributed by atoms with Gasteiger partial charge in [-0.3, -0.25) is 4.57 Å². The quantitative estimate of drug-likeness (QED) is 0.205. The lowest BCUT2D eigenvalue weighted by Gasteiger charge is -2.27. The summed E-state index contributed by atoms with van der Waals surface area (Å²) in [7, 11) is 0. The molecule has 1 amide bonds. The van der Waals surface area contributed by atoms with E-state index in [0.29, 0.717) is 23.6 Å². The summed E-state index contributed by atoms with van der Waals surface area (Å²) in [6, 6.07) is 9.57. The Morgan fingerprint density at radius 2 is 1.61 bits per heavy atom. The van der Waals surface area contributed by atoms with E-state index >= 15 is 0 Å². The maximum Gasteiger partial charge on any atom is 0.419 e. The van der Waals surface area contributed by atoms with Crippen molar-refractivity contribution in [1.82, 2.24) is 29.1 Å². The highest BCUT2D eigenvalue weighted by atomic mass is 16.6. The zero-order chi connectivity index (χ0) is 31.8. The van der Waals surface area contributed by atoms with Crippen LogP contribution in [-0.4, -0.2) is 59.1 Å². The number of hydrogen-bond acceptors (Lipinski definition) is 8. The van der Waals surface area contributed by atoms with Crippen LogP contribution in [0.5, 0.6) is 0 Å². The van der Waals surface area contributed by atoms with Gasteiger partial charge in [0.05, 0.1) is 22.9 Å². The number of aromatic nitrogens is 6. The highest BCUT2D eigenvalue weighted by Gasteiger charge is 2.29. The van der Waals surface area contributed by atoms with E-state index in [0.717, 1.165) is 27.5 Å². The number of amides is 1. The molecule has 0 unspecified atom stereocenters. The summed E-state index contributed by atoms with van der Waals surface area (Å²) in [5, 5.41) is 5.53. The molecular formula is C33H39N7O4. The first-order chi connectivity index (χ1) is 20.7. The molecule has 5 aromatic rings. The van der Waals surface area contributed by atoms with Gasteiger partial charge < -0.3 is 9.47 Å². The van der Waals surface area contributed by atoms with Gasteiger partial charge in [-0.25, -0.2) is 29.4 Å². The molecule has 4 heterocycles. The van der Waals surface area contributed by atoms with E-state index in [4.69, 9.17) is 14.5 Å². The van der Waals surface area contributed by atoms with Gasteiger partial charge in [-0.1, -0.05) is 32.0 Å². The third-order valence-corrected chi connectivity index (χ3v) is 6.84. The van der Waals surface area contributed by atoms with Crippen molar-refractivity contribution in [2.75, 3.05) is 11.4 Å². The molecule has 11 heteroatoms. The molecule has 5 rings (SSSR count). The number of para-hydroxylation sites is 1. The first-order valence-corrected chi connectivity index (χ1v) is 14.7. The first-order valence-electron chi connectivity index (χ1n) is 14.7. The summed E-state index contributed by atoms with van der Waals surface area (Å²) in [5.41, 5.74) is 3.32.